The van der Waals surface area contributed by atoms with Crippen molar-refractivity contribution in [1.82, 2.24) is 0 Å². The minimum atomic E-state index is -1.88. The van der Waals surface area contributed by atoms with Gasteiger partial charge in [-0.2, -0.15) is 0 Å². The fourth-order valence-corrected chi connectivity index (χ4v) is 1.42. The summed E-state index contributed by atoms with van der Waals surface area (Å²) in [5.74, 6) is -1.88. The summed E-state index contributed by atoms with van der Waals surface area (Å²) >= 11 is 0. The topological polar surface area (TPSA) is 107 Å². The number of carbonyl (C=O) groups is 1. The van der Waals surface area contributed by atoms with Gasteiger partial charge >= 0.3 is 0 Å². The number of carbonyl (C=O) groups excluding carboxylic acids is 1. The molecular weight excluding hydrogens is 180 g/mol. The number of aliphatic hydroxyl groups excluding tert-OH is 3. The number of hydrogen-bond donors (Lipinski definition) is 4. The van der Waals surface area contributed by atoms with Crippen molar-refractivity contribution in [3.8, 4) is 0 Å². The second-order valence-electron chi connectivity index (χ2n) is 3.19. The maximum atomic E-state index is 9.97. The normalized spacial score (nSPS) is 45.7. The highest BCUT2D eigenvalue weighted by atomic mass is 16.6. The van der Waals surface area contributed by atoms with E-state index < -0.39 is 24.1 Å². The number of hydrogen-bond acceptors (Lipinski definition) is 6. The molecule has 0 spiro atoms. The summed E-state index contributed by atoms with van der Waals surface area (Å²) in [5.41, 5.74) is 0. The van der Waals surface area contributed by atoms with Gasteiger partial charge in [-0.25, -0.2) is 0 Å². The zero-order valence-corrected chi connectivity index (χ0v) is 6.83. The Morgan fingerprint density at radius 2 is 1.69 bits per heavy atom. The molecule has 1 saturated carbocycles. The van der Waals surface area contributed by atoms with Crippen LogP contribution in [0.5, 0.6) is 0 Å². The second-order valence-corrected chi connectivity index (χ2v) is 3.19. The van der Waals surface area contributed by atoms with Gasteiger partial charge in [0.15, 0.2) is 0 Å². The molecule has 2 atom stereocenters. The molecule has 1 aliphatic carbocycles. The Kier molecular flexibility index (Phi) is 2.87. The molecular formula is C7H12O6. The molecule has 0 aromatic carbocycles. The lowest BCUT2D eigenvalue weighted by Gasteiger charge is -2.38. The van der Waals surface area contributed by atoms with Crippen LogP contribution in [0.1, 0.15) is 12.8 Å². The molecule has 1 fully saturated rings. The number of aliphatic hydroxyl groups is 4. The largest absolute Gasteiger partial charge is 0.435 e. The molecule has 0 radical (unpaired) electrons. The monoisotopic (exact) mass is 192 g/mol. The van der Waals surface area contributed by atoms with Crippen molar-refractivity contribution in [2.45, 2.75) is 36.9 Å². The molecule has 0 aliphatic heterocycles. The van der Waals surface area contributed by atoms with Crippen LogP contribution in [0, 0.1) is 0 Å². The fourth-order valence-electron chi connectivity index (χ4n) is 1.42. The first-order valence-electron chi connectivity index (χ1n) is 3.86. The minimum Gasteiger partial charge on any atom is -0.435 e. The van der Waals surface area contributed by atoms with Crippen molar-refractivity contribution in [3.05, 3.63) is 0 Å². The van der Waals surface area contributed by atoms with Gasteiger partial charge < -0.3 is 25.2 Å². The van der Waals surface area contributed by atoms with Gasteiger partial charge in [0.25, 0.3) is 6.47 Å². The summed E-state index contributed by atoms with van der Waals surface area (Å²) in [6.07, 6.45) is -4.51. The first-order chi connectivity index (χ1) is 5.98. The lowest BCUT2D eigenvalue weighted by Crippen LogP contribution is -2.53. The molecule has 0 bridgehead atoms. The van der Waals surface area contributed by atoms with Gasteiger partial charge in [-0.05, 0) is 0 Å². The van der Waals surface area contributed by atoms with E-state index in [0.29, 0.717) is 0 Å². The van der Waals surface area contributed by atoms with Crippen molar-refractivity contribution >= 4 is 6.47 Å². The van der Waals surface area contributed by atoms with Crippen molar-refractivity contribution in [2.24, 2.45) is 0 Å². The SMILES string of the molecule is O=COC1(O)CC(O)C(O)C(O)C1. The van der Waals surface area contributed by atoms with E-state index in [4.69, 9.17) is 15.3 Å². The molecule has 4 N–H and O–H groups in total. The van der Waals surface area contributed by atoms with E-state index in [0.717, 1.165) is 0 Å². The first-order valence-corrected chi connectivity index (χ1v) is 3.86. The van der Waals surface area contributed by atoms with Gasteiger partial charge in [0.1, 0.15) is 6.10 Å². The number of rotatable bonds is 2. The molecule has 0 saturated heterocycles. The average molecular weight is 192 g/mol. The average Bonchev–Trinajstić information content (AvgIpc) is 2.00. The highest BCUT2D eigenvalue weighted by Crippen LogP contribution is 2.29. The van der Waals surface area contributed by atoms with Gasteiger partial charge in [0.2, 0.25) is 5.79 Å². The van der Waals surface area contributed by atoms with Crippen molar-refractivity contribution in [2.75, 3.05) is 0 Å². The van der Waals surface area contributed by atoms with Crippen LogP contribution >= 0.6 is 0 Å². The van der Waals surface area contributed by atoms with Crippen LogP contribution < -0.4 is 0 Å². The predicted octanol–water partition coefficient (Wildman–Crippen LogP) is -2.28. The second kappa shape index (κ2) is 3.59. The van der Waals surface area contributed by atoms with E-state index in [1.807, 2.05) is 0 Å². The van der Waals surface area contributed by atoms with Crippen LogP contribution in [0.2, 0.25) is 0 Å². The molecule has 1 rings (SSSR count). The molecule has 6 nitrogen and oxygen atoms in total. The number of ether oxygens (including phenoxy) is 1. The highest BCUT2D eigenvalue weighted by Gasteiger charge is 2.45. The van der Waals surface area contributed by atoms with Crippen LogP contribution in [0.3, 0.4) is 0 Å². The Bertz CT molecular complexity index is 181. The van der Waals surface area contributed by atoms with E-state index in [-0.39, 0.29) is 19.3 Å². The van der Waals surface area contributed by atoms with E-state index >= 15 is 0 Å². The summed E-state index contributed by atoms with van der Waals surface area (Å²) in [5, 5.41) is 36.8. The Hall–Kier alpha value is -0.690. The van der Waals surface area contributed by atoms with Crippen LogP contribution in [0.4, 0.5) is 0 Å². The third-order valence-corrected chi connectivity index (χ3v) is 2.11. The molecule has 0 aromatic rings. The summed E-state index contributed by atoms with van der Waals surface area (Å²) in [7, 11) is 0. The predicted molar refractivity (Wildman–Crippen MR) is 39.4 cm³/mol. The summed E-state index contributed by atoms with van der Waals surface area (Å²) < 4.78 is 4.30. The van der Waals surface area contributed by atoms with Crippen LogP contribution in [-0.2, 0) is 9.53 Å². The molecule has 0 aromatic heterocycles. The van der Waals surface area contributed by atoms with Gasteiger partial charge in [-0.3, -0.25) is 4.79 Å². The Labute approximate surface area is 74.4 Å². The van der Waals surface area contributed by atoms with Gasteiger partial charge in [-0.15, -0.1) is 0 Å². The Morgan fingerprint density at radius 3 is 2.08 bits per heavy atom. The van der Waals surface area contributed by atoms with Crippen LogP contribution in [-0.4, -0.2) is 51.0 Å². The summed E-state index contributed by atoms with van der Waals surface area (Å²) in [6, 6.07) is 0. The first kappa shape index (κ1) is 10.4. The third kappa shape index (κ3) is 2.16. The molecule has 13 heavy (non-hydrogen) atoms. The lowest BCUT2D eigenvalue weighted by atomic mass is 9.87. The van der Waals surface area contributed by atoms with E-state index in [2.05, 4.69) is 4.74 Å². The molecule has 6 heteroatoms. The van der Waals surface area contributed by atoms with Crippen molar-refractivity contribution in [3.63, 3.8) is 0 Å². The third-order valence-electron chi connectivity index (χ3n) is 2.11. The molecule has 0 amide bonds. The van der Waals surface area contributed by atoms with Crippen LogP contribution in [0.25, 0.3) is 0 Å². The minimum absolute atomic E-state index is 0.0388. The molecule has 0 heterocycles. The summed E-state index contributed by atoms with van der Waals surface area (Å²) in [4.78, 5) is 9.97. The standard InChI is InChI=1S/C7H12O6/c8-3-13-7(12)1-4(9)6(11)5(10)2-7/h3-6,9-12H,1-2H2. The van der Waals surface area contributed by atoms with Gasteiger partial charge in [0, 0.05) is 12.8 Å². The van der Waals surface area contributed by atoms with Crippen molar-refractivity contribution < 1.29 is 30.0 Å². The maximum absolute atomic E-state index is 9.97. The van der Waals surface area contributed by atoms with E-state index in [9.17, 15) is 9.90 Å². The van der Waals surface area contributed by atoms with Gasteiger partial charge in [-0.1, -0.05) is 0 Å². The zero-order valence-electron chi connectivity index (χ0n) is 6.83. The van der Waals surface area contributed by atoms with E-state index in [1.165, 1.54) is 0 Å². The maximum Gasteiger partial charge on any atom is 0.295 e. The zero-order chi connectivity index (χ0) is 10.1. The molecule has 2 unspecified atom stereocenters. The Morgan fingerprint density at radius 1 is 1.23 bits per heavy atom. The smallest absolute Gasteiger partial charge is 0.295 e. The lowest BCUT2D eigenvalue weighted by molar-refractivity contribution is -0.252. The quantitative estimate of drug-likeness (QED) is 0.290. The van der Waals surface area contributed by atoms with Gasteiger partial charge in [0.05, 0.1) is 12.2 Å². The highest BCUT2D eigenvalue weighted by molar-refractivity contribution is 5.38. The fraction of sp³-hybridized carbons (Fsp3) is 0.857. The van der Waals surface area contributed by atoms with Crippen LogP contribution in [0.15, 0.2) is 0 Å². The van der Waals surface area contributed by atoms with E-state index in [1.54, 1.807) is 0 Å². The summed E-state index contributed by atoms with van der Waals surface area (Å²) in [6.45, 7) is 0.0388. The Balaban J connectivity index is 2.66. The van der Waals surface area contributed by atoms with Crippen molar-refractivity contribution in [1.29, 1.82) is 0 Å². The molecule has 1 aliphatic rings. The molecule has 76 valence electrons.